The van der Waals surface area contributed by atoms with E-state index in [1.165, 1.54) is 44.9 Å². The van der Waals surface area contributed by atoms with E-state index in [4.69, 9.17) is 20.2 Å². The van der Waals surface area contributed by atoms with Gasteiger partial charge < -0.3 is 19.8 Å². The largest absolute Gasteiger partial charge is 0.472 e. The molecule has 0 aromatic rings. The number of aliphatic hydroxyl groups excluding tert-OH is 2. The van der Waals surface area contributed by atoms with Crippen LogP contribution in [0.15, 0.2) is 12.2 Å². The van der Waals surface area contributed by atoms with Gasteiger partial charge in [-0.05, 0) is 32.1 Å². The summed E-state index contributed by atoms with van der Waals surface area (Å²) in [6, 6.07) is 0. The number of carbonyl (C=O) groups is 1. The summed E-state index contributed by atoms with van der Waals surface area (Å²) in [5, 5.41) is 26.6. The molecule has 11 heteroatoms. The first-order chi connectivity index (χ1) is 16.8. The molecule has 0 saturated carbocycles. The number of esters is 1. The number of aliphatic hydroxyl groups is 2. The van der Waals surface area contributed by atoms with E-state index in [1.807, 2.05) is 0 Å². The van der Waals surface area contributed by atoms with Gasteiger partial charge in [0.1, 0.15) is 12.7 Å². The highest BCUT2D eigenvalue weighted by molar-refractivity contribution is 7.47. The quantitative estimate of drug-likeness (QED) is 0.0322. The summed E-state index contributed by atoms with van der Waals surface area (Å²) in [6.45, 7) is 0.0341. The lowest BCUT2D eigenvalue weighted by Gasteiger charge is -2.17. The molecule has 0 bridgehead atoms. The maximum atomic E-state index is 11.8. The first-order valence-corrected chi connectivity index (χ1v) is 14.4. The molecule has 0 rings (SSSR count). The van der Waals surface area contributed by atoms with Crippen molar-refractivity contribution in [3.05, 3.63) is 12.2 Å². The second kappa shape index (κ2) is 23.6. The van der Waals surface area contributed by atoms with E-state index in [0.717, 1.165) is 32.1 Å². The van der Waals surface area contributed by atoms with E-state index in [9.17, 15) is 14.3 Å². The molecule has 0 aromatic carbocycles. The van der Waals surface area contributed by atoms with Crippen LogP contribution < -0.4 is 0 Å². The minimum atomic E-state index is -4.53. The van der Waals surface area contributed by atoms with Gasteiger partial charge in [0, 0.05) is 6.42 Å². The van der Waals surface area contributed by atoms with Crippen molar-refractivity contribution in [2.45, 2.75) is 109 Å². The molecule has 0 aliphatic heterocycles. The number of hydrogen-bond acceptors (Lipinski definition) is 9. The number of allylic oxidation sites excluding steroid dienone is 2. The molecule has 0 aliphatic rings. The van der Waals surface area contributed by atoms with E-state index in [-0.39, 0.29) is 13.0 Å². The van der Waals surface area contributed by atoms with E-state index < -0.39 is 45.8 Å². The molecule has 0 radical (unpaired) electrons. The van der Waals surface area contributed by atoms with Crippen LogP contribution in [0.3, 0.4) is 0 Å². The Morgan fingerprint density at radius 1 is 0.857 bits per heavy atom. The second-order valence-electron chi connectivity index (χ2n) is 8.64. The van der Waals surface area contributed by atoms with Crippen molar-refractivity contribution < 1.29 is 48.4 Å². The molecule has 35 heavy (non-hydrogen) atoms. The van der Waals surface area contributed by atoms with Crippen LogP contribution in [0, 0.1) is 0 Å². The van der Waals surface area contributed by atoms with Crippen molar-refractivity contribution >= 4 is 13.8 Å². The number of rotatable bonds is 25. The summed E-state index contributed by atoms with van der Waals surface area (Å²) in [6.07, 6.45) is 17.4. The topological polar surface area (TPSA) is 152 Å². The summed E-state index contributed by atoms with van der Waals surface area (Å²) >= 11 is 0. The Bertz CT molecular complexity index is 573. The van der Waals surface area contributed by atoms with Gasteiger partial charge >= 0.3 is 13.8 Å². The first-order valence-electron chi connectivity index (χ1n) is 12.9. The third-order valence-electron chi connectivity index (χ3n) is 5.29. The molecule has 208 valence electrons. The SMILES string of the molecule is CCCCCCCC/C=C\CCCCCCCC(=O)OC[C@H](COP(=O)(O)OC[C@H](O)CO)OO. The molecule has 0 saturated heterocycles. The lowest BCUT2D eigenvalue weighted by molar-refractivity contribution is -0.290. The second-order valence-corrected chi connectivity index (χ2v) is 10.1. The van der Waals surface area contributed by atoms with Crippen molar-refractivity contribution in [2.75, 3.05) is 26.4 Å². The van der Waals surface area contributed by atoms with E-state index >= 15 is 0 Å². The standard InChI is InChI=1S/C24H47O10P/c1-2-3-4-5-6-7-8-9-10-11-12-13-14-15-16-17-24(27)31-20-23(34-28)21-33-35(29,30)32-19-22(26)18-25/h9-10,22-23,25-26,28H,2-8,11-21H2,1H3,(H,29,30)/b10-9-/t22-,23-/m1/s1. The fourth-order valence-electron chi connectivity index (χ4n) is 3.15. The number of phosphoric acid groups is 1. The zero-order valence-electron chi connectivity index (χ0n) is 21.2. The Hall–Kier alpha value is -0.840. The normalized spacial score (nSPS) is 15.2. The molecule has 0 spiro atoms. The van der Waals surface area contributed by atoms with Crippen LogP contribution in [-0.4, -0.2) is 65.0 Å². The molecule has 0 heterocycles. The van der Waals surface area contributed by atoms with Crippen LogP contribution in [0.25, 0.3) is 0 Å². The molecule has 1 unspecified atom stereocenters. The third kappa shape index (κ3) is 23.3. The minimum absolute atomic E-state index is 0.234. The zero-order valence-corrected chi connectivity index (χ0v) is 22.1. The number of ether oxygens (including phenoxy) is 1. The predicted molar refractivity (Wildman–Crippen MR) is 133 cm³/mol. The Morgan fingerprint density at radius 2 is 1.40 bits per heavy atom. The van der Waals surface area contributed by atoms with Crippen molar-refractivity contribution in [1.29, 1.82) is 0 Å². The fourth-order valence-corrected chi connectivity index (χ4v) is 3.94. The highest BCUT2D eigenvalue weighted by Crippen LogP contribution is 2.43. The van der Waals surface area contributed by atoms with Gasteiger partial charge in [-0.15, -0.1) is 0 Å². The first kappa shape index (κ1) is 34.2. The number of phosphoric ester groups is 1. The Morgan fingerprint density at radius 3 is 1.97 bits per heavy atom. The highest BCUT2D eigenvalue weighted by Gasteiger charge is 2.25. The molecule has 3 atom stereocenters. The average molecular weight is 527 g/mol. The monoisotopic (exact) mass is 526 g/mol. The Balaban J connectivity index is 3.68. The Labute approximate surface area is 210 Å². The molecule has 0 amide bonds. The number of hydrogen-bond donors (Lipinski definition) is 4. The van der Waals surface area contributed by atoms with E-state index in [2.05, 4.69) is 33.0 Å². The minimum Gasteiger partial charge on any atom is -0.463 e. The molecular formula is C24H47O10P. The molecule has 0 fully saturated rings. The maximum Gasteiger partial charge on any atom is 0.472 e. The lowest BCUT2D eigenvalue weighted by Crippen LogP contribution is -2.26. The Kier molecular flexibility index (Phi) is 23.0. The summed E-state index contributed by atoms with van der Waals surface area (Å²) < 4.78 is 25.7. The summed E-state index contributed by atoms with van der Waals surface area (Å²) in [4.78, 5) is 25.4. The van der Waals surface area contributed by atoms with Crippen molar-refractivity contribution in [2.24, 2.45) is 0 Å². The third-order valence-corrected chi connectivity index (χ3v) is 6.24. The van der Waals surface area contributed by atoms with Crippen LogP contribution in [0.5, 0.6) is 0 Å². The number of unbranched alkanes of at least 4 members (excludes halogenated alkanes) is 11. The summed E-state index contributed by atoms with van der Waals surface area (Å²) in [7, 11) is -4.53. The molecule has 0 aliphatic carbocycles. The molecule has 4 N–H and O–H groups in total. The van der Waals surface area contributed by atoms with E-state index in [1.54, 1.807) is 0 Å². The van der Waals surface area contributed by atoms with Gasteiger partial charge in [0.15, 0.2) is 6.10 Å². The zero-order chi connectivity index (χ0) is 26.2. The molecule has 0 aromatic heterocycles. The van der Waals surface area contributed by atoms with E-state index in [0.29, 0.717) is 6.42 Å². The van der Waals surface area contributed by atoms with Gasteiger partial charge in [-0.2, -0.15) is 0 Å². The number of carbonyl (C=O) groups excluding carboxylic acids is 1. The average Bonchev–Trinajstić information content (AvgIpc) is 2.85. The molecular weight excluding hydrogens is 479 g/mol. The predicted octanol–water partition coefficient (Wildman–Crippen LogP) is 4.91. The maximum absolute atomic E-state index is 11.8. The van der Waals surface area contributed by atoms with Gasteiger partial charge in [-0.25, -0.2) is 9.45 Å². The lowest BCUT2D eigenvalue weighted by atomic mass is 10.1. The van der Waals surface area contributed by atoms with Crippen LogP contribution in [-0.2, 0) is 28.0 Å². The van der Waals surface area contributed by atoms with Gasteiger partial charge in [-0.3, -0.25) is 19.1 Å². The van der Waals surface area contributed by atoms with Crippen molar-refractivity contribution in [1.82, 2.24) is 0 Å². The summed E-state index contributed by atoms with van der Waals surface area (Å²) in [5.41, 5.74) is 0. The highest BCUT2D eigenvalue weighted by atomic mass is 31.2. The van der Waals surface area contributed by atoms with Crippen LogP contribution in [0.1, 0.15) is 96.8 Å². The molecule has 10 nitrogen and oxygen atoms in total. The van der Waals surface area contributed by atoms with Crippen molar-refractivity contribution in [3.63, 3.8) is 0 Å². The van der Waals surface area contributed by atoms with Gasteiger partial charge in [0.25, 0.3) is 0 Å². The smallest absolute Gasteiger partial charge is 0.463 e. The van der Waals surface area contributed by atoms with Gasteiger partial charge in [-0.1, -0.05) is 70.4 Å². The van der Waals surface area contributed by atoms with Crippen LogP contribution in [0.2, 0.25) is 0 Å². The van der Waals surface area contributed by atoms with Gasteiger partial charge in [0.2, 0.25) is 0 Å². The van der Waals surface area contributed by atoms with Gasteiger partial charge in [0.05, 0.1) is 19.8 Å². The fraction of sp³-hybridized carbons (Fsp3) is 0.875. The summed E-state index contributed by atoms with van der Waals surface area (Å²) in [5.74, 6) is -0.459. The van der Waals surface area contributed by atoms with Crippen LogP contribution >= 0.6 is 7.82 Å². The van der Waals surface area contributed by atoms with Crippen LogP contribution in [0.4, 0.5) is 0 Å². The van der Waals surface area contributed by atoms with Crippen molar-refractivity contribution in [3.8, 4) is 0 Å².